The van der Waals surface area contributed by atoms with Crippen LogP contribution >= 0.6 is 31.9 Å². The van der Waals surface area contributed by atoms with Gasteiger partial charge in [-0.3, -0.25) is 0 Å². The van der Waals surface area contributed by atoms with Crippen molar-refractivity contribution in [1.82, 2.24) is 10.2 Å². The fourth-order valence-corrected chi connectivity index (χ4v) is 1.92. The predicted molar refractivity (Wildman–Crippen MR) is 69.4 cm³/mol. The molecule has 84 valence electrons. The van der Waals surface area contributed by atoms with Gasteiger partial charge in [-0.1, -0.05) is 35.0 Å². The number of nitrogens with zero attached hydrogens (tertiary/aromatic N) is 2. The Balaban J connectivity index is 2.35. The van der Waals surface area contributed by atoms with Crippen molar-refractivity contribution in [3.05, 3.63) is 34.6 Å². The van der Waals surface area contributed by atoms with Crippen LogP contribution in [0.25, 0.3) is 11.5 Å². The van der Waals surface area contributed by atoms with Gasteiger partial charge in [-0.2, -0.15) is 0 Å². The average Bonchev–Trinajstić information content (AvgIpc) is 2.78. The molecule has 0 amide bonds. The number of benzene rings is 1. The minimum absolute atomic E-state index is 0.122. The summed E-state index contributed by atoms with van der Waals surface area (Å²) in [6.45, 7) is 2.06. The molecule has 0 fully saturated rings. The molecule has 0 bridgehead atoms. The maximum Gasteiger partial charge on any atom is 0.248 e. The molecule has 3 nitrogen and oxygen atoms in total. The summed E-state index contributed by atoms with van der Waals surface area (Å²) in [5, 5.41) is 8.06. The molecule has 0 radical (unpaired) electrons. The first-order chi connectivity index (χ1) is 7.72. The second-order valence-electron chi connectivity index (χ2n) is 3.30. The molecule has 0 aliphatic heterocycles. The number of rotatable bonds is 3. The number of hydrogen-bond acceptors (Lipinski definition) is 3. The molecule has 5 heteroatoms. The highest BCUT2D eigenvalue weighted by atomic mass is 79.9. The highest BCUT2D eigenvalue weighted by molar-refractivity contribution is 9.10. The zero-order valence-electron chi connectivity index (χ0n) is 8.65. The van der Waals surface area contributed by atoms with Crippen LogP contribution in [0, 0.1) is 0 Å². The Kier molecular flexibility index (Phi) is 3.76. The van der Waals surface area contributed by atoms with Gasteiger partial charge in [0.1, 0.15) is 0 Å². The van der Waals surface area contributed by atoms with Gasteiger partial charge in [0.05, 0.1) is 10.4 Å². The first-order valence-corrected chi connectivity index (χ1v) is 6.65. The summed E-state index contributed by atoms with van der Waals surface area (Å²) in [4.78, 5) is 0.122. The summed E-state index contributed by atoms with van der Waals surface area (Å²) < 4.78 is 6.56. The van der Waals surface area contributed by atoms with Gasteiger partial charge in [-0.15, -0.1) is 10.2 Å². The Labute approximate surface area is 111 Å². The minimum Gasteiger partial charge on any atom is -0.419 e. The Morgan fingerprint density at radius 3 is 2.75 bits per heavy atom. The summed E-state index contributed by atoms with van der Waals surface area (Å²) in [5.41, 5.74) is 0.914. The Morgan fingerprint density at radius 1 is 1.31 bits per heavy atom. The van der Waals surface area contributed by atoms with Crippen molar-refractivity contribution in [1.29, 1.82) is 0 Å². The van der Waals surface area contributed by atoms with Crippen LogP contribution in [-0.4, -0.2) is 10.2 Å². The van der Waals surface area contributed by atoms with E-state index < -0.39 is 0 Å². The maximum absolute atomic E-state index is 5.60. The second kappa shape index (κ2) is 5.10. The molecule has 0 aliphatic rings. The summed E-state index contributed by atoms with van der Waals surface area (Å²) in [6, 6.07) is 7.78. The van der Waals surface area contributed by atoms with Crippen molar-refractivity contribution in [2.45, 2.75) is 18.2 Å². The van der Waals surface area contributed by atoms with Crippen LogP contribution in [0.4, 0.5) is 0 Å². The van der Waals surface area contributed by atoms with Gasteiger partial charge in [-0.25, -0.2) is 0 Å². The zero-order valence-corrected chi connectivity index (χ0v) is 11.8. The number of alkyl halides is 1. The first-order valence-electron chi connectivity index (χ1n) is 4.94. The van der Waals surface area contributed by atoms with Crippen LogP contribution < -0.4 is 0 Å². The predicted octanol–water partition coefficient (Wildman–Crippen LogP) is 4.35. The third-order valence-electron chi connectivity index (χ3n) is 2.17. The quantitative estimate of drug-likeness (QED) is 0.776. The maximum atomic E-state index is 5.60. The van der Waals surface area contributed by atoms with E-state index >= 15 is 0 Å². The lowest BCUT2D eigenvalue weighted by Crippen LogP contribution is -1.86. The molecule has 16 heavy (non-hydrogen) atoms. The van der Waals surface area contributed by atoms with E-state index in [2.05, 4.69) is 49.0 Å². The van der Waals surface area contributed by atoms with E-state index in [-0.39, 0.29) is 4.83 Å². The Bertz CT molecular complexity index is 484. The van der Waals surface area contributed by atoms with Gasteiger partial charge in [0.15, 0.2) is 0 Å². The molecule has 2 aromatic rings. The van der Waals surface area contributed by atoms with E-state index in [0.717, 1.165) is 16.5 Å². The first kappa shape index (κ1) is 11.8. The number of hydrogen-bond donors (Lipinski definition) is 0. The molecule has 0 N–H and O–H groups in total. The third kappa shape index (κ3) is 2.35. The lowest BCUT2D eigenvalue weighted by molar-refractivity contribution is 0.500. The Hall–Kier alpha value is -0.680. The molecule has 0 saturated carbocycles. The molecule has 1 atom stereocenters. The van der Waals surface area contributed by atoms with Crippen LogP contribution in [0.3, 0.4) is 0 Å². The van der Waals surface area contributed by atoms with Crippen molar-refractivity contribution >= 4 is 31.9 Å². The van der Waals surface area contributed by atoms with E-state index in [4.69, 9.17) is 4.42 Å². The summed E-state index contributed by atoms with van der Waals surface area (Å²) >= 11 is 6.94. The molecule has 0 saturated heterocycles. The van der Waals surface area contributed by atoms with Crippen LogP contribution in [0.2, 0.25) is 0 Å². The third-order valence-corrected chi connectivity index (χ3v) is 3.90. The molecule has 1 heterocycles. The number of aromatic nitrogens is 2. The van der Waals surface area contributed by atoms with Gasteiger partial charge < -0.3 is 4.42 Å². The van der Waals surface area contributed by atoms with Crippen molar-refractivity contribution in [2.75, 3.05) is 0 Å². The fraction of sp³-hybridized carbons (Fsp3) is 0.273. The van der Waals surface area contributed by atoms with Crippen LogP contribution in [0.15, 0.2) is 33.2 Å². The average molecular weight is 346 g/mol. The van der Waals surface area contributed by atoms with Gasteiger partial charge in [0.25, 0.3) is 0 Å². The lowest BCUT2D eigenvalue weighted by Gasteiger charge is -1.99. The topological polar surface area (TPSA) is 38.9 Å². The van der Waals surface area contributed by atoms with Crippen molar-refractivity contribution in [3.63, 3.8) is 0 Å². The van der Waals surface area contributed by atoms with Crippen molar-refractivity contribution in [3.8, 4) is 11.5 Å². The molecule has 1 aromatic heterocycles. The number of halogens is 2. The highest BCUT2D eigenvalue weighted by Gasteiger charge is 2.15. The highest BCUT2D eigenvalue weighted by Crippen LogP contribution is 2.30. The van der Waals surface area contributed by atoms with Gasteiger partial charge in [0, 0.05) is 4.47 Å². The summed E-state index contributed by atoms with van der Waals surface area (Å²) in [7, 11) is 0. The monoisotopic (exact) mass is 344 g/mol. The summed E-state index contributed by atoms with van der Waals surface area (Å²) in [6.07, 6.45) is 0.914. The summed E-state index contributed by atoms with van der Waals surface area (Å²) in [5.74, 6) is 1.16. The van der Waals surface area contributed by atoms with Gasteiger partial charge in [-0.05, 0) is 34.5 Å². The zero-order chi connectivity index (χ0) is 11.5. The largest absolute Gasteiger partial charge is 0.419 e. The van der Waals surface area contributed by atoms with E-state index in [1.54, 1.807) is 0 Å². The molecule has 0 spiro atoms. The van der Waals surface area contributed by atoms with Crippen LogP contribution in [-0.2, 0) is 0 Å². The molecule has 2 rings (SSSR count). The molecule has 1 aromatic carbocycles. The SMILES string of the molecule is CCC(Br)c1nnc(-c2ccccc2Br)o1. The molecule has 0 aliphatic carbocycles. The van der Waals surface area contributed by atoms with Gasteiger partial charge in [0.2, 0.25) is 11.8 Å². The minimum atomic E-state index is 0.122. The van der Waals surface area contributed by atoms with E-state index in [1.807, 2.05) is 24.3 Å². The fourth-order valence-electron chi connectivity index (χ4n) is 1.28. The van der Waals surface area contributed by atoms with Crippen LogP contribution in [0.1, 0.15) is 24.1 Å². The van der Waals surface area contributed by atoms with Crippen LogP contribution in [0.5, 0.6) is 0 Å². The smallest absolute Gasteiger partial charge is 0.248 e. The van der Waals surface area contributed by atoms with E-state index in [0.29, 0.717) is 11.8 Å². The van der Waals surface area contributed by atoms with E-state index in [1.165, 1.54) is 0 Å². The second-order valence-corrected chi connectivity index (χ2v) is 5.26. The van der Waals surface area contributed by atoms with Crippen molar-refractivity contribution < 1.29 is 4.42 Å². The van der Waals surface area contributed by atoms with E-state index in [9.17, 15) is 0 Å². The molecule has 1 unspecified atom stereocenters. The molecular weight excluding hydrogens is 336 g/mol. The Morgan fingerprint density at radius 2 is 2.06 bits per heavy atom. The van der Waals surface area contributed by atoms with Crippen molar-refractivity contribution in [2.24, 2.45) is 0 Å². The molecular formula is C11H10Br2N2O. The van der Waals surface area contributed by atoms with Gasteiger partial charge >= 0.3 is 0 Å². The normalized spacial score (nSPS) is 12.7. The lowest BCUT2D eigenvalue weighted by atomic mass is 10.2. The standard InChI is InChI=1S/C11H10Br2N2O/c1-2-8(12)11-15-14-10(16-11)7-5-3-4-6-9(7)13/h3-6,8H,2H2,1H3.